The van der Waals surface area contributed by atoms with E-state index in [2.05, 4.69) is 45.3 Å². The fraction of sp³-hybridized carbons (Fsp3) is 0.741. The van der Waals surface area contributed by atoms with E-state index in [4.69, 9.17) is 0 Å². The Morgan fingerprint density at radius 2 is 1.32 bits per heavy atom. The molecule has 2 amide bonds. The molecule has 0 aromatic heterocycles. The van der Waals surface area contributed by atoms with E-state index in [1.807, 2.05) is 0 Å². The highest BCUT2D eigenvalue weighted by atomic mass is 32.2. The van der Waals surface area contributed by atoms with E-state index >= 15 is 0 Å². The lowest BCUT2D eigenvalue weighted by molar-refractivity contribution is 0.255. The van der Waals surface area contributed by atoms with Gasteiger partial charge in [-0.25, -0.2) is 9.52 Å². The first-order valence-electron chi connectivity index (χ1n) is 14.1. The lowest BCUT2D eigenvalue weighted by Gasteiger charge is -2.21. The number of amides is 2. The zero-order valence-corrected chi connectivity index (χ0v) is 23.1. The number of carbonyl (C=O) groups excluding carboxylic acids is 1. The number of urea groups is 1. The smallest absolute Gasteiger partial charge is 0.316 e. The summed E-state index contributed by atoms with van der Waals surface area (Å²) in [6, 6.07) is 1.66. The molecule has 4 saturated heterocycles. The van der Waals surface area contributed by atoms with E-state index in [0.717, 1.165) is 69.1 Å². The quantitative estimate of drug-likeness (QED) is 0.545. The summed E-state index contributed by atoms with van der Waals surface area (Å²) in [6.07, 6.45) is 6.18. The van der Waals surface area contributed by atoms with Crippen molar-refractivity contribution in [3.8, 4) is 0 Å². The van der Waals surface area contributed by atoms with Gasteiger partial charge in [-0.15, -0.1) is 0 Å². The summed E-state index contributed by atoms with van der Waals surface area (Å²) in [5.74, 6) is 2.67. The standard InChI is InChI=1S/C20H28N4O3S.C7H14N2/c1-23-9-15-11-24(12-16(15)10-23)28(26,27)22-20(25)21-19-17-6-2-4-13(17)8-14-5-3-7-18(14)19;1-9-4-6-2-8-3-7(6)5-9/h8,15-16H,2-7,9-12H2,1H3,(H2,21,22,25);6-8H,2-5H2,1H3. The van der Waals surface area contributed by atoms with Crippen molar-refractivity contribution < 1.29 is 13.2 Å². The highest BCUT2D eigenvalue weighted by Gasteiger charge is 2.43. The van der Waals surface area contributed by atoms with Crippen LogP contribution in [0.2, 0.25) is 0 Å². The molecule has 9 nitrogen and oxygen atoms in total. The third-order valence-electron chi connectivity index (χ3n) is 9.48. The summed E-state index contributed by atoms with van der Waals surface area (Å²) < 4.78 is 29.2. The summed E-state index contributed by atoms with van der Waals surface area (Å²) in [5.41, 5.74) is 5.90. The van der Waals surface area contributed by atoms with Gasteiger partial charge in [0, 0.05) is 45.0 Å². The molecule has 0 saturated carbocycles. The number of benzene rings is 1. The van der Waals surface area contributed by atoms with E-state index in [1.165, 1.54) is 52.7 Å². The minimum Gasteiger partial charge on any atom is -0.316 e. The Balaban J connectivity index is 0.000000235. The van der Waals surface area contributed by atoms with Gasteiger partial charge in [-0.05, 0) is 112 Å². The largest absolute Gasteiger partial charge is 0.333 e. The van der Waals surface area contributed by atoms with Gasteiger partial charge >= 0.3 is 16.2 Å². The van der Waals surface area contributed by atoms with Crippen LogP contribution in [0.1, 0.15) is 35.1 Å². The summed E-state index contributed by atoms with van der Waals surface area (Å²) >= 11 is 0. The normalized spacial score (nSPS) is 31.0. The van der Waals surface area contributed by atoms with Gasteiger partial charge < -0.3 is 20.4 Å². The van der Waals surface area contributed by atoms with Crippen molar-refractivity contribution in [3.63, 3.8) is 0 Å². The Morgan fingerprint density at radius 3 is 1.86 bits per heavy atom. The van der Waals surface area contributed by atoms with Gasteiger partial charge in [-0.1, -0.05) is 6.07 Å². The van der Waals surface area contributed by atoms with Gasteiger partial charge in [-0.3, -0.25) is 0 Å². The van der Waals surface area contributed by atoms with Gasteiger partial charge in [0.25, 0.3) is 0 Å². The maximum absolute atomic E-state index is 12.8. The van der Waals surface area contributed by atoms with Crippen LogP contribution in [-0.4, -0.2) is 95.0 Å². The third kappa shape index (κ3) is 5.15. The number of anilines is 1. The van der Waals surface area contributed by atoms with Crippen molar-refractivity contribution >= 4 is 21.9 Å². The number of hydrogen-bond acceptors (Lipinski definition) is 6. The van der Waals surface area contributed by atoms with Gasteiger partial charge in [0.2, 0.25) is 0 Å². The number of likely N-dealkylation sites (tertiary alicyclic amines) is 2. The second-order valence-electron chi connectivity index (χ2n) is 12.3. The van der Waals surface area contributed by atoms with Gasteiger partial charge in [0.15, 0.2) is 0 Å². The topological polar surface area (TPSA) is 97.0 Å². The number of nitrogens with zero attached hydrogens (tertiary/aromatic N) is 3. The maximum Gasteiger partial charge on any atom is 0.333 e. The van der Waals surface area contributed by atoms with E-state index < -0.39 is 16.2 Å². The lowest BCUT2D eigenvalue weighted by Crippen LogP contribution is -2.45. The number of fused-ring (bicyclic) bond motifs is 4. The van der Waals surface area contributed by atoms with Gasteiger partial charge in [0.05, 0.1) is 0 Å². The first-order valence-corrected chi connectivity index (χ1v) is 15.5. The Bertz CT molecular complexity index is 1100. The van der Waals surface area contributed by atoms with Crippen molar-refractivity contribution in [3.05, 3.63) is 28.3 Å². The first-order chi connectivity index (χ1) is 17.8. The molecule has 6 aliphatic rings. The van der Waals surface area contributed by atoms with Crippen LogP contribution in [0.3, 0.4) is 0 Å². The Morgan fingerprint density at radius 1 is 0.811 bits per heavy atom. The second kappa shape index (κ2) is 10.1. The van der Waals surface area contributed by atoms with Crippen LogP contribution in [0.25, 0.3) is 0 Å². The molecule has 4 unspecified atom stereocenters. The van der Waals surface area contributed by atoms with Crippen molar-refractivity contribution in [1.29, 1.82) is 0 Å². The Hall–Kier alpha value is -1.72. The molecule has 4 atom stereocenters. The lowest BCUT2D eigenvalue weighted by atomic mass is 9.99. The maximum atomic E-state index is 12.8. The highest BCUT2D eigenvalue weighted by Crippen LogP contribution is 2.38. The molecule has 3 N–H and O–H groups in total. The number of carbonyl (C=O) groups is 1. The molecule has 7 rings (SSSR count). The van der Waals surface area contributed by atoms with Crippen LogP contribution in [0.15, 0.2) is 6.07 Å². The average molecular weight is 531 g/mol. The average Bonchev–Trinajstić information content (AvgIpc) is 3.63. The third-order valence-corrected chi connectivity index (χ3v) is 10.9. The summed E-state index contributed by atoms with van der Waals surface area (Å²) in [6.45, 7) is 7.98. The first kappa shape index (κ1) is 25.6. The number of aryl methyl sites for hydroxylation is 2. The van der Waals surface area contributed by atoms with Crippen LogP contribution in [0, 0.1) is 23.7 Å². The Labute approximate surface area is 221 Å². The van der Waals surface area contributed by atoms with Crippen molar-refractivity contribution in [2.24, 2.45) is 23.7 Å². The number of hydrogen-bond donors (Lipinski definition) is 3. The fourth-order valence-corrected chi connectivity index (χ4v) is 8.95. The second-order valence-corrected chi connectivity index (χ2v) is 13.9. The van der Waals surface area contributed by atoms with Crippen molar-refractivity contribution in [2.75, 3.05) is 71.8 Å². The zero-order valence-electron chi connectivity index (χ0n) is 22.3. The SMILES string of the molecule is CN1CC2CN(S(=O)(=O)NC(=O)Nc3c4c(cc5c3CCC5)CCC4)CC2C1.CN1CC2CNCC2C1. The van der Waals surface area contributed by atoms with E-state index in [-0.39, 0.29) is 0 Å². The predicted octanol–water partition coefficient (Wildman–Crippen LogP) is 1.29. The van der Waals surface area contributed by atoms with E-state index in [9.17, 15) is 13.2 Å². The predicted molar refractivity (Wildman–Crippen MR) is 145 cm³/mol. The molecule has 4 aliphatic heterocycles. The molecule has 2 aliphatic carbocycles. The number of rotatable bonds is 3. The monoisotopic (exact) mass is 530 g/mol. The highest BCUT2D eigenvalue weighted by molar-refractivity contribution is 7.87. The van der Waals surface area contributed by atoms with Crippen LogP contribution < -0.4 is 15.4 Å². The van der Waals surface area contributed by atoms with Crippen LogP contribution in [0.5, 0.6) is 0 Å². The summed E-state index contributed by atoms with van der Waals surface area (Å²) in [5, 5.41) is 6.33. The van der Waals surface area contributed by atoms with Crippen LogP contribution in [-0.2, 0) is 35.9 Å². The van der Waals surface area contributed by atoms with Crippen LogP contribution >= 0.6 is 0 Å². The Kier molecular flexibility index (Phi) is 6.98. The molecule has 4 fully saturated rings. The number of nitrogens with one attached hydrogen (secondary N) is 3. The van der Waals surface area contributed by atoms with E-state index in [1.54, 1.807) is 0 Å². The minimum absolute atomic E-state index is 0.366. The van der Waals surface area contributed by atoms with Crippen LogP contribution in [0.4, 0.5) is 10.5 Å². The molecule has 4 heterocycles. The summed E-state index contributed by atoms with van der Waals surface area (Å²) in [7, 11) is 0.475. The molecule has 204 valence electrons. The molecule has 0 bridgehead atoms. The molecule has 0 spiro atoms. The van der Waals surface area contributed by atoms with E-state index in [0.29, 0.717) is 24.9 Å². The molecule has 1 aromatic carbocycles. The molecule has 1 aromatic rings. The molecule has 37 heavy (non-hydrogen) atoms. The van der Waals surface area contributed by atoms with Crippen molar-refractivity contribution in [2.45, 2.75) is 38.5 Å². The molecule has 10 heteroatoms. The molecular weight excluding hydrogens is 488 g/mol. The fourth-order valence-electron chi connectivity index (χ4n) is 7.76. The summed E-state index contributed by atoms with van der Waals surface area (Å²) in [4.78, 5) is 17.3. The minimum atomic E-state index is -3.81. The van der Waals surface area contributed by atoms with Gasteiger partial charge in [-0.2, -0.15) is 12.7 Å². The van der Waals surface area contributed by atoms with Crippen molar-refractivity contribution in [1.82, 2.24) is 24.1 Å². The molecular formula is C27H42N6O3S. The molecule has 0 radical (unpaired) electrons. The van der Waals surface area contributed by atoms with Gasteiger partial charge in [0.1, 0.15) is 0 Å². The zero-order chi connectivity index (χ0) is 25.7.